The van der Waals surface area contributed by atoms with E-state index in [2.05, 4.69) is 15.3 Å². The lowest BCUT2D eigenvalue weighted by atomic mass is 9.98. The van der Waals surface area contributed by atoms with E-state index in [1.165, 1.54) is 44.5 Å². The molecule has 0 aromatic carbocycles. The molecule has 0 spiro atoms. The van der Waals surface area contributed by atoms with Crippen molar-refractivity contribution in [3.05, 3.63) is 23.2 Å². The van der Waals surface area contributed by atoms with Crippen LogP contribution in [0, 0.1) is 0 Å². The molecule has 0 aliphatic heterocycles. The van der Waals surface area contributed by atoms with E-state index in [0.29, 0.717) is 19.3 Å². The van der Waals surface area contributed by atoms with Crippen molar-refractivity contribution in [1.29, 1.82) is 0 Å². The van der Waals surface area contributed by atoms with Crippen molar-refractivity contribution in [2.75, 3.05) is 13.2 Å². The highest BCUT2D eigenvalue weighted by atomic mass is 35.5. The maximum absolute atomic E-state index is 11.7. The zero-order valence-corrected chi connectivity index (χ0v) is 12.2. The summed E-state index contributed by atoms with van der Waals surface area (Å²) in [6.45, 7) is 1.26. The van der Waals surface area contributed by atoms with Gasteiger partial charge in [0.15, 0.2) is 0 Å². The van der Waals surface area contributed by atoms with Crippen molar-refractivity contribution in [2.45, 2.75) is 44.6 Å². The topological polar surface area (TPSA) is 64.1 Å². The molecular formula is C14H20ClN3O2. The predicted octanol–water partition coefficient (Wildman–Crippen LogP) is 2.60. The Morgan fingerprint density at radius 1 is 1.35 bits per heavy atom. The summed E-state index contributed by atoms with van der Waals surface area (Å²) >= 11 is 5.69. The zero-order chi connectivity index (χ0) is 14.2. The van der Waals surface area contributed by atoms with Crippen LogP contribution in [0.5, 0.6) is 0 Å². The molecule has 1 heterocycles. The fourth-order valence-electron chi connectivity index (χ4n) is 2.30. The third-order valence-corrected chi connectivity index (χ3v) is 3.53. The Morgan fingerprint density at radius 3 is 2.90 bits per heavy atom. The average Bonchev–Trinajstić information content (AvgIpc) is 2.48. The van der Waals surface area contributed by atoms with Gasteiger partial charge in [-0.05, 0) is 19.3 Å². The number of nitrogens with one attached hydrogen (secondary N) is 1. The van der Waals surface area contributed by atoms with Crippen LogP contribution in [0.25, 0.3) is 0 Å². The van der Waals surface area contributed by atoms with Gasteiger partial charge in [0.2, 0.25) is 0 Å². The van der Waals surface area contributed by atoms with Crippen molar-refractivity contribution in [1.82, 2.24) is 15.3 Å². The van der Waals surface area contributed by atoms with Gasteiger partial charge in [-0.3, -0.25) is 9.78 Å². The second kappa shape index (κ2) is 8.17. The van der Waals surface area contributed by atoms with Gasteiger partial charge in [-0.1, -0.05) is 30.9 Å². The SMILES string of the molecule is O=C(NCCCOC1CCCCC1)c1cncc(Cl)n1. The maximum Gasteiger partial charge on any atom is 0.271 e. The number of carbonyl (C=O) groups excluding carboxylic acids is 1. The predicted molar refractivity (Wildman–Crippen MR) is 76.8 cm³/mol. The molecule has 1 saturated carbocycles. The first-order valence-electron chi connectivity index (χ1n) is 7.13. The number of hydrogen-bond donors (Lipinski definition) is 1. The number of ether oxygens (including phenoxy) is 1. The number of hydrogen-bond acceptors (Lipinski definition) is 4. The van der Waals surface area contributed by atoms with E-state index in [9.17, 15) is 4.79 Å². The van der Waals surface area contributed by atoms with Gasteiger partial charge in [0, 0.05) is 13.2 Å². The molecule has 20 heavy (non-hydrogen) atoms. The molecule has 0 saturated heterocycles. The Labute approximate surface area is 124 Å². The minimum atomic E-state index is -0.252. The van der Waals surface area contributed by atoms with Crippen LogP contribution >= 0.6 is 11.6 Å². The van der Waals surface area contributed by atoms with Crippen LogP contribution in [-0.2, 0) is 4.74 Å². The molecule has 0 atom stereocenters. The molecule has 1 aromatic rings. The minimum absolute atomic E-state index is 0.221. The fraction of sp³-hybridized carbons (Fsp3) is 0.643. The summed E-state index contributed by atoms with van der Waals surface area (Å²) in [6, 6.07) is 0. The Hall–Kier alpha value is -1.20. The van der Waals surface area contributed by atoms with Gasteiger partial charge in [0.1, 0.15) is 10.8 Å². The van der Waals surface area contributed by atoms with Crippen LogP contribution in [-0.4, -0.2) is 35.1 Å². The highest BCUT2D eigenvalue weighted by Gasteiger charge is 2.13. The van der Waals surface area contributed by atoms with Crippen LogP contribution in [0.15, 0.2) is 12.4 Å². The molecule has 1 amide bonds. The zero-order valence-electron chi connectivity index (χ0n) is 11.5. The van der Waals surface area contributed by atoms with Crippen LogP contribution < -0.4 is 5.32 Å². The molecule has 0 unspecified atom stereocenters. The second-order valence-electron chi connectivity index (χ2n) is 4.97. The van der Waals surface area contributed by atoms with E-state index in [1.54, 1.807) is 0 Å². The van der Waals surface area contributed by atoms with E-state index in [-0.39, 0.29) is 16.8 Å². The first-order valence-corrected chi connectivity index (χ1v) is 7.51. The van der Waals surface area contributed by atoms with Crippen LogP contribution in [0.2, 0.25) is 5.15 Å². The molecule has 0 radical (unpaired) electrons. The van der Waals surface area contributed by atoms with E-state index in [4.69, 9.17) is 16.3 Å². The van der Waals surface area contributed by atoms with Gasteiger partial charge < -0.3 is 10.1 Å². The first kappa shape index (κ1) is 15.2. The minimum Gasteiger partial charge on any atom is -0.378 e. The summed E-state index contributed by atoms with van der Waals surface area (Å²) in [4.78, 5) is 19.5. The van der Waals surface area contributed by atoms with E-state index in [1.807, 2.05) is 0 Å². The Balaban J connectivity index is 1.59. The molecule has 5 nitrogen and oxygen atoms in total. The summed E-state index contributed by atoms with van der Waals surface area (Å²) in [6.07, 6.45) is 10.2. The van der Waals surface area contributed by atoms with Gasteiger partial charge in [0.05, 0.1) is 18.5 Å². The summed E-state index contributed by atoms with van der Waals surface area (Å²) < 4.78 is 5.79. The van der Waals surface area contributed by atoms with Crippen molar-refractivity contribution < 1.29 is 9.53 Å². The van der Waals surface area contributed by atoms with Crippen molar-refractivity contribution in [3.63, 3.8) is 0 Å². The van der Waals surface area contributed by atoms with Crippen molar-refractivity contribution in [2.24, 2.45) is 0 Å². The molecule has 1 N–H and O–H groups in total. The lowest BCUT2D eigenvalue weighted by Crippen LogP contribution is -2.27. The molecular weight excluding hydrogens is 278 g/mol. The number of carbonyl (C=O) groups is 1. The highest BCUT2D eigenvalue weighted by Crippen LogP contribution is 2.20. The van der Waals surface area contributed by atoms with Gasteiger partial charge >= 0.3 is 0 Å². The number of aromatic nitrogens is 2. The Morgan fingerprint density at radius 2 is 2.15 bits per heavy atom. The molecule has 1 aliphatic carbocycles. The third-order valence-electron chi connectivity index (χ3n) is 3.35. The summed E-state index contributed by atoms with van der Waals surface area (Å²) in [7, 11) is 0. The molecule has 1 fully saturated rings. The van der Waals surface area contributed by atoms with Crippen molar-refractivity contribution in [3.8, 4) is 0 Å². The number of amides is 1. The Kier molecular flexibility index (Phi) is 6.21. The van der Waals surface area contributed by atoms with E-state index < -0.39 is 0 Å². The summed E-state index contributed by atoms with van der Waals surface area (Å²) in [5, 5.41) is 3.00. The first-order chi connectivity index (χ1) is 9.75. The number of rotatable bonds is 6. The van der Waals surface area contributed by atoms with Gasteiger partial charge in [0.25, 0.3) is 5.91 Å². The van der Waals surface area contributed by atoms with Gasteiger partial charge in [-0.15, -0.1) is 0 Å². The summed E-state index contributed by atoms with van der Waals surface area (Å²) in [5.41, 5.74) is 0.241. The van der Waals surface area contributed by atoms with Gasteiger partial charge in [-0.25, -0.2) is 4.98 Å². The van der Waals surface area contributed by atoms with Gasteiger partial charge in [-0.2, -0.15) is 0 Å². The average molecular weight is 298 g/mol. The van der Waals surface area contributed by atoms with Crippen LogP contribution in [0.4, 0.5) is 0 Å². The third kappa shape index (κ3) is 5.06. The normalized spacial score (nSPS) is 16.1. The molecule has 1 aromatic heterocycles. The van der Waals surface area contributed by atoms with Crippen molar-refractivity contribution >= 4 is 17.5 Å². The maximum atomic E-state index is 11.7. The molecule has 0 bridgehead atoms. The lowest BCUT2D eigenvalue weighted by molar-refractivity contribution is 0.0273. The Bertz CT molecular complexity index is 436. The standard InChI is InChI=1S/C14H20ClN3O2/c15-13-10-16-9-12(18-13)14(19)17-7-4-8-20-11-5-2-1-3-6-11/h9-11H,1-8H2,(H,17,19). The fourth-order valence-corrected chi connectivity index (χ4v) is 2.45. The second-order valence-corrected chi connectivity index (χ2v) is 5.35. The lowest BCUT2D eigenvalue weighted by Gasteiger charge is -2.21. The molecule has 6 heteroatoms. The number of halogens is 1. The largest absolute Gasteiger partial charge is 0.378 e. The van der Waals surface area contributed by atoms with E-state index >= 15 is 0 Å². The number of nitrogens with zero attached hydrogens (tertiary/aromatic N) is 2. The van der Waals surface area contributed by atoms with Crippen LogP contribution in [0.1, 0.15) is 49.0 Å². The van der Waals surface area contributed by atoms with Crippen LogP contribution in [0.3, 0.4) is 0 Å². The molecule has 2 rings (SSSR count). The molecule has 1 aliphatic rings. The summed E-state index contributed by atoms with van der Waals surface area (Å²) in [5.74, 6) is -0.252. The smallest absolute Gasteiger partial charge is 0.271 e. The quantitative estimate of drug-likeness (QED) is 0.820. The monoisotopic (exact) mass is 297 g/mol. The molecule has 110 valence electrons. The highest BCUT2D eigenvalue weighted by molar-refractivity contribution is 6.29. The van der Waals surface area contributed by atoms with E-state index in [0.717, 1.165) is 6.42 Å².